The second kappa shape index (κ2) is 9.43. The second-order valence-corrected chi connectivity index (χ2v) is 8.50. The molecule has 3 aromatic rings. The minimum atomic E-state index is -0.919. The van der Waals surface area contributed by atoms with E-state index in [0.29, 0.717) is 16.8 Å². The van der Waals surface area contributed by atoms with E-state index in [4.69, 9.17) is 4.74 Å². The number of ether oxygens (including phenoxy) is 1. The van der Waals surface area contributed by atoms with E-state index in [-0.39, 0.29) is 32.9 Å². The fourth-order valence-electron chi connectivity index (χ4n) is 3.75. The van der Waals surface area contributed by atoms with Gasteiger partial charge in [-0.25, -0.2) is 9.79 Å². The Balaban J connectivity index is 1.94. The monoisotopic (exact) mass is 494 g/mol. The number of thiazole rings is 1. The molecule has 0 aliphatic carbocycles. The van der Waals surface area contributed by atoms with E-state index in [9.17, 15) is 29.8 Å². The lowest BCUT2D eigenvalue weighted by Gasteiger charge is -2.22. The topological polar surface area (TPSA) is 147 Å². The number of benzene rings is 2. The van der Waals surface area contributed by atoms with Crippen molar-refractivity contribution >= 4 is 40.5 Å². The molecule has 178 valence electrons. The summed E-state index contributed by atoms with van der Waals surface area (Å²) in [6, 6.07) is 10.7. The van der Waals surface area contributed by atoms with Crippen LogP contribution in [0.5, 0.6) is 0 Å². The molecule has 0 N–H and O–H groups in total. The predicted molar refractivity (Wildman–Crippen MR) is 127 cm³/mol. The number of esters is 1. The van der Waals surface area contributed by atoms with Crippen molar-refractivity contribution < 1.29 is 19.4 Å². The third-order valence-corrected chi connectivity index (χ3v) is 6.30. The zero-order chi connectivity index (χ0) is 25.3. The van der Waals surface area contributed by atoms with E-state index >= 15 is 0 Å². The van der Waals surface area contributed by atoms with Gasteiger partial charge in [0.2, 0.25) is 0 Å². The van der Waals surface area contributed by atoms with Crippen molar-refractivity contribution in [3.63, 3.8) is 0 Å². The number of nitro benzene ring substituents is 2. The summed E-state index contributed by atoms with van der Waals surface area (Å²) in [4.78, 5) is 52.3. The molecule has 0 saturated carbocycles. The fourth-order valence-corrected chi connectivity index (χ4v) is 4.79. The molecule has 2 aromatic carbocycles. The molecular weight excluding hydrogens is 476 g/mol. The van der Waals surface area contributed by atoms with Gasteiger partial charge >= 0.3 is 5.97 Å². The molecule has 0 saturated heterocycles. The number of allylic oxidation sites excluding steroid dienone is 1. The highest BCUT2D eigenvalue weighted by Gasteiger charge is 2.32. The van der Waals surface area contributed by atoms with Crippen molar-refractivity contribution in [1.29, 1.82) is 0 Å². The zero-order valence-corrected chi connectivity index (χ0v) is 19.4. The Bertz CT molecular complexity index is 1590. The van der Waals surface area contributed by atoms with Crippen LogP contribution in [0.3, 0.4) is 0 Å². The average molecular weight is 494 g/mol. The van der Waals surface area contributed by atoms with Gasteiger partial charge in [0, 0.05) is 30.0 Å². The van der Waals surface area contributed by atoms with Crippen LogP contribution in [-0.2, 0) is 9.53 Å². The Hall–Kier alpha value is -4.45. The van der Waals surface area contributed by atoms with Gasteiger partial charge in [0.1, 0.15) is 6.04 Å². The van der Waals surface area contributed by atoms with Crippen LogP contribution >= 0.6 is 11.3 Å². The first-order valence-electron chi connectivity index (χ1n) is 10.4. The molecular formula is C23H18N4O7S. The number of nitrogens with zero attached hydrogens (tertiary/aromatic N) is 4. The highest BCUT2D eigenvalue weighted by atomic mass is 32.1. The molecule has 0 amide bonds. The molecule has 0 radical (unpaired) electrons. The van der Waals surface area contributed by atoms with Crippen LogP contribution < -0.4 is 14.9 Å². The third kappa shape index (κ3) is 4.51. The summed E-state index contributed by atoms with van der Waals surface area (Å²) < 4.78 is 6.74. The van der Waals surface area contributed by atoms with Crippen LogP contribution in [0.15, 0.2) is 63.9 Å². The molecule has 1 aliphatic heterocycles. The van der Waals surface area contributed by atoms with Crippen molar-refractivity contribution in [1.82, 2.24) is 4.57 Å². The Labute approximate surface area is 201 Å². The third-order valence-electron chi connectivity index (χ3n) is 5.32. The van der Waals surface area contributed by atoms with Crippen LogP contribution in [0.25, 0.3) is 11.8 Å². The Kier molecular flexibility index (Phi) is 6.38. The molecule has 0 unspecified atom stereocenters. The van der Waals surface area contributed by atoms with E-state index in [0.717, 1.165) is 11.3 Å². The van der Waals surface area contributed by atoms with Gasteiger partial charge in [-0.05, 0) is 31.1 Å². The van der Waals surface area contributed by atoms with Gasteiger partial charge in [0.15, 0.2) is 4.80 Å². The van der Waals surface area contributed by atoms with Gasteiger partial charge in [-0.1, -0.05) is 35.6 Å². The summed E-state index contributed by atoms with van der Waals surface area (Å²) >= 11 is 1.05. The maximum Gasteiger partial charge on any atom is 0.338 e. The van der Waals surface area contributed by atoms with Crippen molar-refractivity contribution in [3.05, 3.63) is 105 Å². The number of rotatable bonds is 6. The summed E-state index contributed by atoms with van der Waals surface area (Å²) in [6.07, 6.45) is 1.51. The first-order valence-corrected chi connectivity index (χ1v) is 11.2. The molecule has 1 aliphatic rings. The van der Waals surface area contributed by atoms with E-state index in [1.165, 1.54) is 47.0 Å². The van der Waals surface area contributed by atoms with E-state index in [1.54, 1.807) is 26.0 Å². The van der Waals surface area contributed by atoms with E-state index in [2.05, 4.69) is 4.99 Å². The number of nitro groups is 2. The van der Waals surface area contributed by atoms with Gasteiger partial charge in [-0.2, -0.15) is 0 Å². The lowest BCUT2D eigenvalue weighted by Crippen LogP contribution is -2.35. The second-order valence-electron chi connectivity index (χ2n) is 7.49. The summed E-state index contributed by atoms with van der Waals surface area (Å²) in [5.74, 6) is -0.682. The van der Waals surface area contributed by atoms with E-state index < -0.39 is 27.4 Å². The molecule has 1 aromatic heterocycles. The van der Waals surface area contributed by atoms with Crippen molar-refractivity contribution in [2.45, 2.75) is 19.9 Å². The Morgan fingerprint density at radius 2 is 1.80 bits per heavy atom. The highest BCUT2D eigenvalue weighted by molar-refractivity contribution is 7.07. The number of non-ortho nitro benzene ring substituents is 2. The normalized spacial score (nSPS) is 15.4. The number of hydrogen-bond donors (Lipinski definition) is 0. The van der Waals surface area contributed by atoms with Crippen LogP contribution in [0.2, 0.25) is 0 Å². The number of hydrogen-bond acceptors (Lipinski definition) is 9. The molecule has 0 fully saturated rings. The largest absolute Gasteiger partial charge is 0.463 e. The molecule has 4 rings (SSSR count). The van der Waals surface area contributed by atoms with Crippen LogP contribution in [0.4, 0.5) is 11.4 Å². The molecule has 12 heteroatoms. The number of aromatic nitrogens is 1. The van der Waals surface area contributed by atoms with Crippen molar-refractivity contribution in [2.24, 2.45) is 4.99 Å². The number of carbonyl (C=O) groups is 1. The average Bonchev–Trinajstić information content (AvgIpc) is 3.14. The highest BCUT2D eigenvalue weighted by Crippen LogP contribution is 2.33. The van der Waals surface area contributed by atoms with Gasteiger partial charge in [0.05, 0.1) is 26.6 Å². The van der Waals surface area contributed by atoms with E-state index in [1.807, 2.05) is 0 Å². The first-order chi connectivity index (χ1) is 16.7. The molecule has 1 atom stereocenters. The Morgan fingerprint density at radius 1 is 1.14 bits per heavy atom. The SMILES string of the molecule is CCOC(=O)C1=C(C)n2c(s/c(=C\c3cccc([N+](=O)[O-])c3)c2=O)=N[C@@H]1c1cccc([N+](=O)[O-])c1. The standard InChI is InChI=1S/C23H18N4O7S/c1-3-34-22(29)19-13(2)25-21(28)18(11-14-6-4-8-16(10-14)26(30)31)35-23(25)24-20(19)15-7-5-9-17(12-15)27(32)33/h4-12,20H,3H2,1-2H3/b18-11-/t20-/m1/s1. The molecule has 0 spiro atoms. The van der Waals surface area contributed by atoms with Gasteiger partial charge in [0.25, 0.3) is 16.9 Å². The molecule has 35 heavy (non-hydrogen) atoms. The van der Waals surface area contributed by atoms with Crippen molar-refractivity contribution in [2.75, 3.05) is 6.61 Å². The molecule has 11 nitrogen and oxygen atoms in total. The fraction of sp³-hybridized carbons (Fsp3) is 0.174. The Morgan fingerprint density at radius 3 is 2.46 bits per heavy atom. The predicted octanol–water partition coefficient (Wildman–Crippen LogP) is 2.72. The summed E-state index contributed by atoms with van der Waals surface area (Å²) in [6.45, 7) is 3.32. The summed E-state index contributed by atoms with van der Waals surface area (Å²) in [5.41, 5.74) is 0.531. The van der Waals surface area contributed by atoms with Crippen LogP contribution in [0.1, 0.15) is 31.0 Å². The maximum atomic E-state index is 13.2. The molecule has 2 heterocycles. The quantitative estimate of drug-likeness (QED) is 0.291. The summed E-state index contributed by atoms with van der Waals surface area (Å²) in [7, 11) is 0. The lowest BCUT2D eigenvalue weighted by molar-refractivity contribution is -0.385. The van der Waals surface area contributed by atoms with Gasteiger partial charge in [-0.15, -0.1) is 0 Å². The first kappa shape index (κ1) is 23.7. The summed E-state index contributed by atoms with van der Waals surface area (Å²) in [5, 5.41) is 22.4. The van der Waals surface area contributed by atoms with Crippen molar-refractivity contribution in [3.8, 4) is 0 Å². The lowest BCUT2D eigenvalue weighted by atomic mass is 9.96. The van der Waals surface area contributed by atoms with Gasteiger partial charge < -0.3 is 4.74 Å². The van der Waals surface area contributed by atoms with Crippen LogP contribution in [-0.4, -0.2) is 27.0 Å². The minimum Gasteiger partial charge on any atom is -0.463 e. The van der Waals surface area contributed by atoms with Crippen LogP contribution in [0, 0.1) is 20.2 Å². The number of fused-ring (bicyclic) bond motifs is 1. The minimum absolute atomic E-state index is 0.0917. The zero-order valence-electron chi connectivity index (χ0n) is 18.5. The smallest absolute Gasteiger partial charge is 0.338 e. The molecule has 0 bridgehead atoms. The maximum absolute atomic E-state index is 13.2. The van der Waals surface area contributed by atoms with Gasteiger partial charge in [-0.3, -0.25) is 29.6 Å². The number of carbonyl (C=O) groups excluding carboxylic acids is 1.